The number of aromatic nitrogens is 2. The number of anilines is 1. The third-order valence-corrected chi connectivity index (χ3v) is 3.55. The number of hydrogen-bond donors (Lipinski definition) is 1. The summed E-state index contributed by atoms with van der Waals surface area (Å²) in [5, 5.41) is 0. The largest absolute Gasteiger partial charge is 0.495 e. The van der Waals surface area contributed by atoms with Gasteiger partial charge in [-0.1, -0.05) is 22.9 Å². The predicted molar refractivity (Wildman–Crippen MR) is 82.9 cm³/mol. The van der Waals surface area contributed by atoms with Crippen molar-refractivity contribution in [3.05, 3.63) is 34.2 Å². The van der Waals surface area contributed by atoms with Crippen molar-refractivity contribution in [1.29, 1.82) is 0 Å². The number of esters is 1. The molecule has 0 fully saturated rings. The summed E-state index contributed by atoms with van der Waals surface area (Å²) in [5.41, 5.74) is 6.91. The monoisotopic (exact) mass is 353 g/mol. The number of nitrogens with two attached hydrogens (primary N) is 1. The van der Waals surface area contributed by atoms with E-state index in [0.717, 1.165) is 4.47 Å². The number of hydrogen-bond acceptors (Lipinski definition) is 5. The number of ether oxygens (including phenoxy) is 2. The van der Waals surface area contributed by atoms with Gasteiger partial charge in [-0.15, -0.1) is 0 Å². The molecule has 6 nitrogen and oxygen atoms in total. The van der Waals surface area contributed by atoms with Crippen LogP contribution in [-0.2, 0) is 11.2 Å². The number of benzene rings is 1. The molecule has 0 radical (unpaired) electrons. The molecule has 0 unspecified atom stereocenters. The summed E-state index contributed by atoms with van der Waals surface area (Å²) in [6, 6.07) is 5.54. The molecule has 7 heteroatoms. The van der Waals surface area contributed by atoms with Crippen LogP contribution >= 0.6 is 15.9 Å². The third-order valence-electron chi connectivity index (χ3n) is 3.06. The molecular weight excluding hydrogens is 338 g/mol. The first-order valence-corrected chi connectivity index (χ1v) is 7.12. The Bertz CT molecular complexity index is 682. The van der Waals surface area contributed by atoms with E-state index >= 15 is 0 Å². The van der Waals surface area contributed by atoms with Crippen LogP contribution in [0.25, 0.3) is 5.69 Å². The minimum absolute atomic E-state index is 0.108. The Morgan fingerprint density at radius 2 is 2.14 bits per heavy atom. The van der Waals surface area contributed by atoms with Crippen molar-refractivity contribution in [2.24, 2.45) is 0 Å². The summed E-state index contributed by atoms with van der Waals surface area (Å²) in [7, 11) is 2.87. The van der Waals surface area contributed by atoms with Gasteiger partial charge in [0.2, 0.25) is 0 Å². The molecule has 0 saturated carbocycles. The fourth-order valence-electron chi connectivity index (χ4n) is 2.07. The van der Waals surface area contributed by atoms with Crippen molar-refractivity contribution in [3.63, 3.8) is 0 Å². The first kappa shape index (κ1) is 15.4. The minimum Gasteiger partial charge on any atom is -0.495 e. The number of halogens is 1. The lowest BCUT2D eigenvalue weighted by molar-refractivity contribution is 0.0595. The zero-order valence-corrected chi connectivity index (χ0v) is 13.6. The van der Waals surface area contributed by atoms with Crippen molar-refractivity contribution in [1.82, 2.24) is 9.55 Å². The van der Waals surface area contributed by atoms with E-state index in [-0.39, 0.29) is 11.5 Å². The van der Waals surface area contributed by atoms with Gasteiger partial charge in [0, 0.05) is 10.9 Å². The Labute approximate surface area is 131 Å². The summed E-state index contributed by atoms with van der Waals surface area (Å²) in [6.45, 7) is 1.93. The normalized spacial score (nSPS) is 10.5. The van der Waals surface area contributed by atoms with Crippen molar-refractivity contribution in [2.75, 3.05) is 20.0 Å². The van der Waals surface area contributed by atoms with Gasteiger partial charge in [0.05, 0.1) is 19.9 Å². The second kappa shape index (κ2) is 6.17. The summed E-state index contributed by atoms with van der Waals surface area (Å²) in [6.07, 6.45) is 0.608. The Balaban J connectivity index is 2.71. The van der Waals surface area contributed by atoms with E-state index in [1.807, 2.05) is 25.1 Å². The van der Waals surface area contributed by atoms with Gasteiger partial charge in [-0.3, -0.25) is 4.57 Å². The van der Waals surface area contributed by atoms with Gasteiger partial charge in [0.15, 0.2) is 5.69 Å². The number of rotatable bonds is 4. The van der Waals surface area contributed by atoms with E-state index in [1.54, 1.807) is 11.7 Å². The summed E-state index contributed by atoms with van der Waals surface area (Å²) >= 11 is 3.42. The van der Waals surface area contributed by atoms with E-state index in [9.17, 15) is 4.79 Å². The van der Waals surface area contributed by atoms with Crippen LogP contribution in [0.3, 0.4) is 0 Å². The van der Waals surface area contributed by atoms with Crippen molar-refractivity contribution in [2.45, 2.75) is 13.3 Å². The Morgan fingerprint density at radius 3 is 2.71 bits per heavy atom. The molecule has 0 aliphatic carbocycles. The first-order chi connectivity index (χ1) is 10.0. The average Bonchev–Trinajstić information content (AvgIpc) is 2.83. The second-order valence-electron chi connectivity index (χ2n) is 4.26. The number of methoxy groups -OCH3 is 2. The SMILES string of the molecule is CCc1nc(C(=O)OC)c(N)n1-c1cc(Br)ccc1OC. The molecular formula is C14H16BrN3O3. The lowest BCUT2D eigenvalue weighted by atomic mass is 10.2. The topological polar surface area (TPSA) is 79.4 Å². The van der Waals surface area contributed by atoms with E-state index < -0.39 is 5.97 Å². The number of carbonyl (C=O) groups excluding carboxylic acids is 1. The summed E-state index contributed by atoms with van der Waals surface area (Å²) in [5.74, 6) is 0.961. The molecule has 112 valence electrons. The van der Waals surface area contributed by atoms with Crippen LogP contribution in [0.1, 0.15) is 23.2 Å². The van der Waals surface area contributed by atoms with Gasteiger partial charge in [-0.2, -0.15) is 0 Å². The predicted octanol–water partition coefficient (Wildman–Crippen LogP) is 2.57. The maximum Gasteiger partial charge on any atom is 0.360 e. The van der Waals surface area contributed by atoms with Crippen molar-refractivity contribution in [3.8, 4) is 11.4 Å². The second-order valence-corrected chi connectivity index (χ2v) is 5.17. The average molecular weight is 354 g/mol. The number of nitrogens with zero attached hydrogens (tertiary/aromatic N) is 2. The first-order valence-electron chi connectivity index (χ1n) is 6.32. The molecule has 21 heavy (non-hydrogen) atoms. The maximum absolute atomic E-state index is 11.7. The van der Waals surface area contributed by atoms with E-state index in [1.165, 1.54) is 7.11 Å². The maximum atomic E-state index is 11.7. The Hall–Kier alpha value is -2.02. The molecule has 0 aliphatic rings. The highest BCUT2D eigenvalue weighted by Gasteiger charge is 2.23. The molecule has 0 bridgehead atoms. The molecule has 0 amide bonds. The molecule has 0 aliphatic heterocycles. The van der Waals surface area contributed by atoms with Gasteiger partial charge in [0.25, 0.3) is 0 Å². The van der Waals surface area contributed by atoms with E-state index in [2.05, 4.69) is 20.9 Å². The zero-order chi connectivity index (χ0) is 15.6. The van der Waals surface area contributed by atoms with Crippen LogP contribution in [0.4, 0.5) is 5.82 Å². The van der Waals surface area contributed by atoms with Crippen LogP contribution in [0.2, 0.25) is 0 Å². The van der Waals surface area contributed by atoms with Crippen LogP contribution in [0.15, 0.2) is 22.7 Å². The van der Waals surface area contributed by atoms with Crippen molar-refractivity contribution < 1.29 is 14.3 Å². The Kier molecular flexibility index (Phi) is 4.52. The van der Waals surface area contributed by atoms with Crippen LogP contribution in [0.5, 0.6) is 5.75 Å². The van der Waals surface area contributed by atoms with Gasteiger partial charge in [-0.25, -0.2) is 9.78 Å². The summed E-state index contributed by atoms with van der Waals surface area (Å²) in [4.78, 5) is 16.0. The van der Waals surface area contributed by atoms with Gasteiger partial charge in [0.1, 0.15) is 17.4 Å². The van der Waals surface area contributed by atoms with E-state index in [4.69, 9.17) is 15.2 Å². The van der Waals surface area contributed by atoms with Crippen molar-refractivity contribution >= 4 is 27.7 Å². The number of carbonyl (C=O) groups is 1. The molecule has 1 aromatic carbocycles. The zero-order valence-electron chi connectivity index (χ0n) is 12.0. The number of imidazole rings is 1. The fourth-order valence-corrected chi connectivity index (χ4v) is 2.42. The summed E-state index contributed by atoms with van der Waals surface area (Å²) < 4.78 is 12.6. The van der Waals surface area contributed by atoms with Gasteiger partial charge < -0.3 is 15.2 Å². The molecule has 2 rings (SSSR count). The molecule has 0 spiro atoms. The van der Waals surface area contributed by atoms with Crippen LogP contribution < -0.4 is 10.5 Å². The van der Waals surface area contributed by atoms with Crippen LogP contribution in [0, 0.1) is 0 Å². The van der Waals surface area contributed by atoms with Gasteiger partial charge >= 0.3 is 5.97 Å². The Morgan fingerprint density at radius 1 is 1.43 bits per heavy atom. The number of nitrogen functional groups attached to an aromatic ring is 1. The van der Waals surface area contributed by atoms with E-state index in [0.29, 0.717) is 23.7 Å². The molecule has 0 atom stereocenters. The quantitative estimate of drug-likeness (QED) is 0.854. The minimum atomic E-state index is -0.560. The van der Waals surface area contributed by atoms with Gasteiger partial charge in [-0.05, 0) is 18.2 Å². The fraction of sp³-hybridized carbons (Fsp3) is 0.286. The smallest absolute Gasteiger partial charge is 0.360 e. The lowest BCUT2D eigenvalue weighted by Gasteiger charge is -2.13. The third kappa shape index (κ3) is 2.73. The highest BCUT2D eigenvalue weighted by Crippen LogP contribution is 2.31. The molecule has 0 saturated heterocycles. The molecule has 1 aromatic heterocycles. The highest BCUT2D eigenvalue weighted by atomic mass is 79.9. The standard InChI is InChI=1S/C14H16BrN3O3/c1-4-11-17-12(14(19)21-3)13(16)18(11)9-7-8(15)5-6-10(9)20-2/h5-7H,4,16H2,1-3H3. The molecule has 2 N–H and O–H groups in total. The molecule has 2 aromatic rings. The molecule has 1 heterocycles. The lowest BCUT2D eigenvalue weighted by Crippen LogP contribution is -2.09. The number of aryl methyl sites for hydroxylation is 1. The van der Waals surface area contributed by atoms with Crippen LogP contribution in [-0.4, -0.2) is 29.7 Å². The highest BCUT2D eigenvalue weighted by molar-refractivity contribution is 9.10.